The molecule has 5 nitrogen and oxygen atoms in total. The van der Waals surface area contributed by atoms with E-state index < -0.39 is 11.9 Å². The highest BCUT2D eigenvalue weighted by Gasteiger charge is 2.24. The number of carbonyl (C=O) groups excluding carboxylic acids is 1. The van der Waals surface area contributed by atoms with E-state index in [1.165, 1.54) is 0 Å². The SMILES string of the molecule is NC(=O)c1ccc(Cl)cc1N1CCCC(CC(=O)O)C1. The monoisotopic (exact) mass is 296 g/mol. The predicted octanol–water partition coefficient (Wildman–Crippen LogP) is 2.13. The Morgan fingerprint density at radius 1 is 1.45 bits per heavy atom. The fourth-order valence-electron chi connectivity index (χ4n) is 2.67. The van der Waals surface area contributed by atoms with Gasteiger partial charge in [0.25, 0.3) is 5.91 Å². The van der Waals surface area contributed by atoms with Gasteiger partial charge in [0.1, 0.15) is 0 Å². The quantitative estimate of drug-likeness (QED) is 0.891. The Hall–Kier alpha value is -1.75. The summed E-state index contributed by atoms with van der Waals surface area (Å²) in [5, 5.41) is 9.43. The molecular weight excluding hydrogens is 280 g/mol. The first-order valence-corrected chi connectivity index (χ1v) is 6.91. The number of halogens is 1. The summed E-state index contributed by atoms with van der Waals surface area (Å²) < 4.78 is 0. The molecule has 0 aliphatic carbocycles. The Balaban J connectivity index is 2.24. The number of hydrogen-bond donors (Lipinski definition) is 2. The molecule has 1 heterocycles. The Morgan fingerprint density at radius 2 is 2.20 bits per heavy atom. The highest BCUT2D eigenvalue weighted by Crippen LogP contribution is 2.30. The molecule has 3 N–H and O–H groups in total. The topological polar surface area (TPSA) is 83.6 Å². The van der Waals surface area contributed by atoms with Gasteiger partial charge in [0, 0.05) is 24.5 Å². The first kappa shape index (κ1) is 14.7. The van der Waals surface area contributed by atoms with E-state index in [9.17, 15) is 9.59 Å². The highest BCUT2D eigenvalue weighted by molar-refractivity contribution is 6.31. The van der Waals surface area contributed by atoms with Crippen LogP contribution in [0.3, 0.4) is 0 Å². The zero-order valence-corrected chi connectivity index (χ0v) is 11.8. The molecule has 0 radical (unpaired) electrons. The minimum atomic E-state index is -0.793. The summed E-state index contributed by atoms with van der Waals surface area (Å²) >= 11 is 5.99. The van der Waals surface area contributed by atoms with Crippen LogP contribution in [0.2, 0.25) is 5.02 Å². The van der Waals surface area contributed by atoms with Crippen molar-refractivity contribution in [2.75, 3.05) is 18.0 Å². The number of amides is 1. The Kier molecular flexibility index (Phi) is 4.49. The standard InChI is InChI=1S/C14H17ClN2O3/c15-10-3-4-11(14(16)20)12(7-10)17-5-1-2-9(8-17)6-13(18)19/h3-4,7,9H,1-2,5-6,8H2,(H2,16,20)(H,18,19). The maximum atomic E-state index is 11.5. The number of carboxylic acid groups (broad SMARTS) is 1. The molecule has 1 amide bonds. The first-order chi connectivity index (χ1) is 9.47. The number of nitrogens with zero attached hydrogens (tertiary/aromatic N) is 1. The second-order valence-electron chi connectivity index (χ2n) is 5.08. The number of rotatable bonds is 4. The summed E-state index contributed by atoms with van der Waals surface area (Å²) in [6.07, 6.45) is 1.92. The third-order valence-corrected chi connectivity index (χ3v) is 3.78. The van der Waals surface area contributed by atoms with Crippen molar-refractivity contribution < 1.29 is 14.7 Å². The molecule has 1 aliphatic heterocycles. The highest BCUT2D eigenvalue weighted by atomic mass is 35.5. The normalized spacial score (nSPS) is 18.9. The van der Waals surface area contributed by atoms with Gasteiger partial charge < -0.3 is 15.7 Å². The van der Waals surface area contributed by atoms with Crippen LogP contribution >= 0.6 is 11.6 Å². The summed E-state index contributed by atoms with van der Waals surface area (Å²) in [7, 11) is 0. The molecule has 1 atom stereocenters. The average Bonchev–Trinajstić information content (AvgIpc) is 2.37. The fraction of sp³-hybridized carbons (Fsp3) is 0.429. The Bertz CT molecular complexity index is 533. The lowest BCUT2D eigenvalue weighted by molar-refractivity contribution is -0.138. The molecule has 0 bridgehead atoms. The van der Waals surface area contributed by atoms with E-state index in [1.807, 2.05) is 4.90 Å². The molecule has 20 heavy (non-hydrogen) atoms. The van der Waals surface area contributed by atoms with Crippen LogP contribution in [0, 0.1) is 5.92 Å². The van der Waals surface area contributed by atoms with Crippen molar-refractivity contribution in [3.63, 3.8) is 0 Å². The van der Waals surface area contributed by atoms with Crippen LogP contribution in [0.4, 0.5) is 5.69 Å². The largest absolute Gasteiger partial charge is 0.481 e. The zero-order chi connectivity index (χ0) is 14.7. The number of carboxylic acids is 1. The molecule has 1 saturated heterocycles. The lowest BCUT2D eigenvalue weighted by Crippen LogP contribution is -2.37. The number of carbonyl (C=O) groups is 2. The molecule has 1 aromatic rings. The van der Waals surface area contributed by atoms with Gasteiger partial charge in [-0.15, -0.1) is 0 Å². The van der Waals surface area contributed by atoms with Crippen LogP contribution in [0.5, 0.6) is 0 Å². The molecule has 0 spiro atoms. The minimum absolute atomic E-state index is 0.0842. The van der Waals surface area contributed by atoms with Gasteiger partial charge in [-0.05, 0) is 37.0 Å². The van der Waals surface area contributed by atoms with Gasteiger partial charge in [0.2, 0.25) is 0 Å². The summed E-state index contributed by atoms with van der Waals surface area (Å²) in [6.45, 7) is 1.38. The van der Waals surface area contributed by atoms with Gasteiger partial charge in [0.15, 0.2) is 0 Å². The third kappa shape index (κ3) is 3.42. The van der Waals surface area contributed by atoms with Crippen LogP contribution in [0.1, 0.15) is 29.6 Å². The predicted molar refractivity (Wildman–Crippen MR) is 77.2 cm³/mol. The number of benzene rings is 1. The van der Waals surface area contributed by atoms with E-state index >= 15 is 0 Å². The lowest BCUT2D eigenvalue weighted by Gasteiger charge is -2.34. The lowest BCUT2D eigenvalue weighted by atomic mass is 9.94. The summed E-state index contributed by atoms with van der Waals surface area (Å²) in [5.41, 5.74) is 6.50. The number of nitrogens with two attached hydrogens (primary N) is 1. The van der Waals surface area contributed by atoms with Crippen LogP contribution in [0.15, 0.2) is 18.2 Å². The molecule has 1 unspecified atom stereocenters. The van der Waals surface area contributed by atoms with Gasteiger partial charge >= 0.3 is 5.97 Å². The molecule has 1 aromatic carbocycles. The van der Waals surface area contributed by atoms with Crippen molar-refractivity contribution in [2.45, 2.75) is 19.3 Å². The van der Waals surface area contributed by atoms with Gasteiger partial charge in [-0.3, -0.25) is 9.59 Å². The molecule has 0 saturated carbocycles. The van der Waals surface area contributed by atoms with Crippen molar-refractivity contribution in [3.05, 3.63) is 28.8 Å². The fourth-order valence-corrected chi connectivity index (χ4v) is 2.84. The zero-order valence-electron chi connectivity index (χ0n) is 11.0. The van der Waals surface area contributed by atoms with Crippen molar-refractivity contribution >= 4 is 29.2 Å². The maximum absolute atomic E-state index is 11.5. The van der Waals surface area contributed by atoms with E-state index in [0.717, 1.165) is 19.4 Å². The van der Waals surface area contributed by atoms with Crippen molar-refractivity contribution in [3.8, 4) is 0 Å². The molecule has 6 heteroatoms. The number of primary amides is 1. The van der Waals surface area contributed by atoms with Crippen LogP contribution in [-0.4, -0.2) is 30.1 Å². The maximum Gasteiger partial charge on any atom is 0.303 e. The van der Waals surface area contributed by atoms with Crippen molar-refractivity contribution in [1.82, 2.24) is 0 Å². The third-order valence-electron chi connectivity index (χ3n) is 3.55. The van der Waals surface area contributed by atoms with Crippen LogP contribution in [-0.2, 0) is 4.79 Å². The molecular formula is C14H17ClN2O3. The van der Waals surface area contributed by atoms with Gasteiger partial charge in [-0.25, -0.2) is 0 Å². The smallest absolute Gasteiger partial charge is 0.303 e. The molecule has 0 aromatic heterocycles. The molecule has 1 fully saturated rings. The molecule has 108 valence electrons. The van der Waals surface area contributed by atoms with E-state index in [2.05, 4.69) is 0 Å². The van der Waals surface area contributed by atoms with Crippen LogP contribution in [0.25, 0.3) is 0 Å². The van der Waals surface area contributed by atoms with Gasteiger partial charge in [0.05, 0.1) is 11.3 Å². The van der Waals surface area contributed by atoms with E-state index in [1.54, 1.807) is 18.2 Å². The minimum Gasteiger partial charge on any atom is -0.481 e. The molecule has 2 rings (SSSR count). The van der Waals surface area contributed by atoms with Gasteiger partial charge in [-0.2, -0.15) is 0 Å². The second-order valence-corrected chi connectivity index (χ2v) is 5.51. The van der Waals surface area contributed by atoms with E-state index in [0.29, 0.717) is 22.8 Å². The van der Waals surface area contributed by atoms with Crippen molar-refractivity contribution in [2.24, 2.45) is 11.7 Å². The van der Waals surface area contributed by atoms with E-state index in [4.69, 9.17) is 22.4 Å². The van der Waals surface area contributed by atoms with Crippen LogP contribution < -0.4 is 10.6 Å². The Morgan fingerprint density at radius 3 is 2.85 bits per heavy atom. The average molecular weight is 297 g/mol. The van der Waals surface area contributed by atoms with Crippen molar-refractivity contribution in [1.29, 1.82) is 0 Å². The molecule has 1 aliphatic rings. The number of anilines is 1. The summed E-state index contributed by atoms with van der Waals surface area (Å²) in [6, 6.07) is 4.95. The Labute approximate surface area is 122 Å². The second kappa shape index (κ2) is 6.13. The summed E-state index contributed by atoms with van der Waals surface area (Å²) in [4.78, 5) is 24.3. The number of piperidine rings is 1. The number of hydrogen-bond acceptors (Lipinski definition) is 3. The van der Waals surface area contributed by atoms with E-state index in [-0.39, 0.29) is 12.3 Å². The number of aliphatic carboxylic acids is 1. The van der Waals surface area contributed by atoms with Gasteiger partial charge in [-0.1, -0.05) is 11.6 Å². The first-order valence-electron chi connectivity index (χ1n) is 6.53. The summed E-state index contributed by atoms with van der Waals surface area (Å²) in [5.74, 6) is -1.21.